The highest BCUT2D eigenvalue weighted by Crippen LogP contribution is 2.29. The number of benzene rings is 1. The summed E-state index contributed by atoms with van der Waals surface area (Å²) in [6.07, 6.45) is 4.88. The third kappa shape index (κ3) is 4.63. The fraction of sp³-hybridized carbons (Fsp3) is 0.455. The Bertz CT molecular complexity index is 1160. The Morgan fingerprint density at radius 2 is 1.85 bits per heavy atom. The molecule has 0 radical (unpaired) electrons. The van der Waals surface area contributed by atoms with Crippen molar-refractivity contribution in [2.75, 3.05) is 23.8 Å². The van der Waals surface area contributed by atoms with Gasteiger partial charge in [0.25, 0.3) is 0 Å². The van der Waals surface area contributed by atoms with Gasteiger partial charge in [0, 0.05) is 50.1 Å². The zero-order chi connectivity index (χ0) is 22.9. The lowest BCUT2D eigenvalue weighted by molar-refractivity contribution is -0.120. The van der Waals surface area contributed by atoms with Gasteiger partial charge < -0.3 is 15.4 Å². The van der Waals surface area contributed by atoms with E-state index in [0.29, 0.717) is 61.8 Å². The van der Waals surface area contributed by atoms with E-state index in [2.05, 4.69) is 25.6 Å². The zero-order valence-electron chi connectivity index (χ0n) is 17.8. The van der Waals surface area contributed by atoms with E-state index in [4.69, 9.17) is 4.74 Å². The van der Waals surface area contributed by atoms with Crippen molar-refractivity contribution in [3.05, 3.63) is 35.8 Å². The molecular formula is C22H23F3N6O2. The normalized spacial score (nSPS) is 19.4. The van der Waals surface area contributed by atoms with E-state index in [1.165, 1.54) is 0 Å². The number of halogens is 3. The van der Waals surface area contributed by atoms with E-state index < -0.39 is 23.1 Å². The van der Waals surface area contributed by atoms with Crippen molar-refractivity contribution in [1.29, 1.82) is 0 Å². The van der Waals surface area contributed by atoms with Crippen molar-refractivity contribution in [2.24, 2.45) is 5.92 Å². The maximum atomic E-state index is 14.3. The number of carbonyl (C=O) groups excluding carboxylic acids is 1. The molecule has 2 aliphatic rings. The molecular weight excluding hydrogens is 437 g/mol. The summed E-state index contributed by atoms with van der Waals surface area (Å²) in [6, 6.07) is 1.32. The minimum absolute atomic E-state index is 0.0970. The number of hydrogen-bond acceptors (Lipinski definition) is 7. The number of fused-ring (bicyclic) bond motifs is 1. The Kier molecular flexibility index (Phi) is 5.88. The van der Waals surface area contributed by atoms with Crippen LogP contribution in [0.25, 0.3) is 11.2 Å². The van der Waals surface area contributed by atoms with Gasteiger partial charge in [0.1, 0.15) is 22.8 Å². The van der Waals surface area contributed by atoms with E-state index in [0.717, 1.165) is 19.3 Å². The molecule has 1 saturated heterocycles. The van der Waals surface area contributed by atoms with Crippen molar-refractivity contribution in [3.63, 3.8) is 0 Å². The van der Waals surface area contributed by atoms with Crippen LogP contribution in [0.4, 0.5) is 30.8 Å². The van der Waals surface area contributed by atoms with Gasteiger partial charge in [0.15, 0.2) is 17.3 Å². The molecule has 1 aromatic carbocycles. The predicted octanol–water partition coefficient (Wildman–Crippen LogP) is 3.95. The Morgan fingerprint density at radius 3 is 2.55 bits per heavy atom. The van der Waals surface area contributed by atoms with Crippen LogP contribution in [0, 0.1) is 23.4 Å². The number of ketones is 1. The van der Waals surface area contributed by atoms with Gasteiger partial charge in [-0.15, -0.1) is 0 Å². The SMILES string of the molecule is O=C1CCC(Nc2ncc3nc(Nc4c(F)cc(F)cc4F)n(C[C@H]4CCOC4)c3n2)CC1. The molecule has 2 fully saturated rings. The first kappa shape index (κ1) is 21.6. The van der Waals surface area contributed by atoms with Crippen LogP contribution in [0.2, 0.25) is 0 Å². The highest BCUT2D eigenvalue weighted by Gasteiger charge is 2.24. The summed E-state index contributed by atoms with van der Waals surface area (Å²) in [5.41, 5.74) is 0.453. The number of nitrogens with one attached hydrogen (secondary N) is 2. The van der Waals surface area contributed by atoms with Gasteiger partial charge >= 0.3 is 0 Å². The molecule has 2 aromatic heterocycles. The number of nitrogens with zero attached hydrogens (tertiary/aromatic N) is 4. The van der Waals surface area contributed by atoms with Gasteiger partial charge in [-0.3, -0.25) is 9.36 Å². The second-order valence-electron chi connectivity index (χ2n) is 8.50. The summed E-state index contributed by atoms with van der Waals surface area (Å²) < 4.78 is 49.1. The lowest BCUT2D eigenvalue weighted by atomic mass is 9.94. The minimum atomic E-state index is -1.06. The van der Waals surface area contributed by atoms with E-state index in [-0.39, 0.29) is 23.7 Å². The number of hydrogen-bond donors (Lipinski definition) is 2. The van der Waals surface area contributed by atoms with Crippen molar-refractivity contribution in [3.8, 4) is 0 Å². The second kappa shape index (κ2) is 8.97. The molecule has 2 N–H and O–H groups in total. The van der Waals surface area contributed by atoms with Crippen LogP contribution in [0.3, 0.4) is 0 Å². The van der Waals surface area contributed by atoms with E-state index in [1.54, 1.807) is 10.8 Å². The van der Waals surface area contributed by atoms with Crippen LogP contribution in [0.15, 0.2) is 18.3 Å². The van der Waals surface area contributed by atoms with Crippen molar-refractivity contribution in [2.45, 2.75) is 44.7 Å². The summed E-state index contributed by atoms with van der Waals surface area (Å²) in [7, 11) is 0. The van der Waals surface area contributed by atoms with Crippen LogP contribution >= 0.6 is 0 Å². The first-order valence-electron chi connectivity index (χ1n) is 11.0. The maximum absolute atomic E-state index is 14.3. The van der Waals surface area contributed by atoms with Gasteiger partial charge in [0.05, 0.1) is 12.8 Å². The Morgan fingerprint density at radius 1 is 1.09 bits per heavy atom. The predicted molar refractivity (Wildman–Crippen MR) is 115 cm³/mol. The molecule has 3 aromatic rings. The van der Waals surface area contributed by atoms with Crippen LogP contribution < -0.4 is 10.6 Å². The quantitative estimate of drug-likeness (QED) is 0.575. The largest absolute Gasteiger partial charge is 0.381 e. The highest BCUT2D eigenvalue weighted by atomic mass is 19.1. The number of ether oxygens (including phenoxy) is 1. The summed E-state index contributed by atoms with van der Waals surface area (Å²) in [5, 5.41) is 5.95. The molecule has 3 heterocycles. The standard InChI is InChI=1S/C22H23F3N6O2/c23-13-7-16(24)19(17(25)8-13)29-22-28-18-9-26-21(27-14-1-3-15(32)4-2-14)30-20(18)31(22)10-12-5-6-33-11-12/h7-9,12,14H,1-6,10-11H2,(H,28,29)(H,26,27,30)/t12-/m1/s1. The molecule has 1 saturated carbocycles. The maximum Gasteiger partial charge on any atom is 0.224 e. The van der Waals surface area contributed by atoms with Crippen LogP contribution in [0.1, 0.15) is 32.1 Å². The Labute approximate surface area is 187 Å². The molecule has 0 spiro atoms. The van der Waals surface area contributed by atoms with Gasteiger partial charge in [-0.2, -0.15) is 4.98 Å². The number of imidazole rings is 1. The molecule has 5 rings (SSSR count). The molecule has 1 aliphatic heterocycles. The van der Waals surface area contributed by atoms with E-state index in [1.807, 2.05) is 0 Å². The van der Waals surface area contributed by atoms with Gasteiger partial charge in [-0.05, 0) is 19.3 Å². The first-order chi connectivity index (χ1) is 16.0. The molecule has 0 bridgehead atoms. The summed E-state index contributed by atoms with van der Waals surface area (Å²) in [6.45, 7) is 1.67. The zero-order valence-corrected chi connectivity index (χ0v) is 17.8. The molecule has 1 atom stereocenters. The summed E-state index contributed by atoms with van der Waals surface area (Å²) in [4.78, 5) is 24.9. The molecule has 1 aliphatic carbocycles. The summed E-state index contributed by atoms with van der Waals surface area (Å²) in [5.74, 6) is -2.10. The van der Waals surface area contributed by atoms with Crippen LogP contribution in [0.5, 0.6) is 0 Å². The third-order valence-electron chi connectivity index (χ3n) is 6.07. The molecule has 0 unspecified atom stereocenters. The third-order valence-corrected chi connectivity index (χ3v) is 6.07. The first-order valence-corrected chi connectivity index (χ1v) is 11.0. The number of anilines is 3. The number of Topliss-reactive ketones (excluding diaryl/α,β-unsaturated/α-hetero) is 1. The smallest absolute Gasteiger partial charge is 0.224 e. The van der Waals surface area contributed by atoms with Crippen LogP contribution in [-0.4, -0.2) is 44.6 Å². The average molecular weight is 460 g/mol. The number of aromatic nitrogens is 4. The Hall–Kier alpha value is -3.21. The number of rotatable bonds is 6. The fourth-order valence-corrected chi connectivity index (χ4v) is 4.28. The topological polar surface area (TPSA) is 94.0 Å². The second-order valence-corrected chi connectivity index (χ2v) is 8.50. The molecule has 33 heavy (non-hydrogen) atoms. The van der Waals surface area contributed by atoms with Gasteiger partial charge in [-0.1, -0.05) is 0 Å². The molecule has 174 valence electrons. The lowest BCUT2D eigenvalue weighted by Gasteiger charge is -2.22. The van der Waals surface area contributed by atoms with Crippen molar-refractivity contribution < 1.29 is 22.7 Å². The molecule has 0 amide bonds. The Balaban J connectivity index is 1.49. The van der Waals surface area contributed by atoms with E-state index in [9.17, 15) is 18.0 Å². The lowest BCUT2D eigenvalue weighted by Crippen LogP contribution is -2.27. The molecule has 8 nitrogen and oxygen atoms in total. The van der Waals surface area contributed by atoms with Gasteiger partial charge in [0.2, 0.25) is 11.9 Å². The van der Waals surface area contributed by atoms with Crippen molar-refractivity contribution >= 4 is 34.5 Å². The monoisotopic (exact) mass is 460 g/mol. The molecule has 11 heteroatoms. The number of carbonyl (C=O) groups is 1. The minimum Gasteiger partial charge on any atom is -0.381 e. The summed E-state index contributed by atoms with van der Waals surface area (Å²) >= 11 is 0. The van der Waals surface area contributed by atoms with Gasteiger partial charge in [-0.25, -0.2) is 23.1 Å². The van der Waals surface area contributed by atoms with Crippen molar-refractivity contribution in [1.82, 2.24) is 19.5 Å². The van der Waals surface area contributed by atoms with Crippen LogP contribution in [-0.2, 0) is 16.1 Å². The van der Waals surface area contributed by atoms with E-state index >= 15 is 0 Å². The fourth-order valence-electron chi connectivity index (χ4n) is 4.28. The highest BCUT2D eigenvalue weighted by molar-refractivity contribution is 5.79. The average Bonchev–Trinajstić information content (AvgIpc) is 3.41.